The highest BCUT2D eigenvalue weighted by Crippen LogP contribution is 2.34. The molecule has 1 aliphatic heterocycles. The third-order valence-electron chi connectivity index (χ3n) is 4.00. The normalized spacial score (nSPS) is 14.1. The highest BCUT2D eigenvalue weighted by Gasteiger charge is 2.30. The third-order valence-corrected chi connectivity index (χ3v) is 5.83. The zero-order valence-electron chi connectivity index (χ0n) is 13.0. The first-order valence-corrected chi connectivity index (χ1v) is 8.81. The summed E-state index contributed by atoms with van der Waals surface area (Å²) in [5.41, 5.74) is 1.06. The van der Waals surface area contributed by atoms with Gasteiger partial charge in [-0.05, 0) is 42.7 Å². The molecule has 0 saturated carbocycles. The quantitative estimate of drug-likeness (QED) is 0.626. The van der Waals surface area contributed by atoms with E-state index >= 15 is 0 Å². The zero-order valence-corrected chi connectivity index (χ0v) is 13.8. The van der Waals surface area contributed by atoms with Crippen LogP contribution in [0.5, 0.6) is 5.75 Å². The highest BCUT2D eigenvalue weighted by atomic mass is 32.2. The van der Waals surface area contributed by atoms with Gasteiger partial charge in [0.1, 0.15) is 5.75 Å². The van der Waals surface area contributed by atoms with Gasteiger partial charge in [0.2, 0.25) is 0 Å². The SMILES string of the molecule is COc1ccc(S(=O)(=O)N2CCCc3ccc([N+](=O)[O-])cc32)cc1. The average Bonchev–Trinajstić information content (AvgIpc) is 2.60. The number of non-ortho nitro benzene ring substituents is 1. The fourth-order valence-corrected chi connectivity index (χ4v) is 4.30. The number of nitro benzene ring substituents is 1. The number of benzene rings is 2. The Bertz CT molecular complexity index is 878. The molecule has 0 saturated heterocycles. The van der Waals surface area contributed by atoms with Crippen molar-refractivity contribution in [3.63, 3.8) is 0 Å². The summed E-state index contributed by atoms with van der Waals surface area (Å²) in [7, 11) is -2.28. The molecular formula is C16H16N2O5S. The summed E-state index contributed by atoms with van der Waals surface area (Å²) in [4.78, 5) is 10.6. The molecule has 0 bridgehead atoms. The van der Waals surface area contributed by atoms with Crippen LogP contribution >= 0.6 is 0 Å². The lowest BCUT2D eigenvalue weighted by molar-refractivity contribution is -0.384. The van der Waals surface area contributed by atoms with Crippen LogP contribution in [0.25, 0.3) is 0 Å². The number of aryl methyl sites for hydroxylation is 1. The van der Waals surface area contributed by atoms with E-state index < -0.39 is 14.9 Å². The van der Waals surface area contributed by atoms with Gasteiger partial charge in [0.25, 0.3) is 15.7 Å². The van der Waals surface area contributed by atoms with Gasteiger partial charge in [0.05, 0.1) is 22.6 Å². The minimum atomic E-state index is -3.79. The predicted octanol–water partition coefficient (Wildman–Crippen LogP) is 2.74. The second-order valence-electron chi connectivity index (χ2n) is 5.43. The number of nitro groups is 1. The largest absolute Gasteiger partial charge is 0.497 e. The molecule has 2 aromatic carbocycles. The molecular weight excluding hydrogens is 332 g/mol. The van der Waals surface area contributed by atoms with Gasteiger partial charge in [-0.1, -0.05) is 6.07 Å². The maximum atomic E-state index is 12.9. The van der Waals surface area contributed by atoms with Crippen molar-refractivity contribution in [2.75, 3.05) is 18.0 Å². The Morgan fingerprint density at radius 2 is 1.88 bits per heavy atom. The number of fused-ring (bicyclic) bond motifs is 1. The molecule has 24 heavy (non-hydrogen) atoms. The topological polar surface area (TPSA) is 89.8 Å². The van der Waals surface area contributed by atoms with Gasteiger partial charge in [-0.25, -0.2) is 8.42 Å². The van der Waals surface area contributed by atoms with Crippen LogP contribution in [0.2, 0.25) is 0 Å². The third kappa shape index (κ3) is 2.80. The maximum absolute atomic E-state index is 12.9. The Hall–Kier alpha value is -2.61. The number of sulfonamides is 1. The molecule has 0 radical (unpaired) electrons. The van der Waals surface area contributed by atoms with E-state index in [2.05, 4.69) is 0 Å². The summed E-state index contributed by atoms with van der Waals surface area (Å²) >= 11 is 0. The van der Waals surface area contributed by atoms with E-state index in [-0.39, 0.29) is 10.6 Å². The highest BCUT2D eigenvalue weighted by molar-refractivity contribution is 7.92. The molecule has 0 aliphatic carbocycles. The first kappa shape index (κ1) is 16.3. The minimum absolute atomic E-state index is 0.120. The van der Waals surface area contributed by atoms with Gasteiger partial charge in [0.15, 0.2) is 0 Å². The number of rotatable bonds is 4. The van der Waals surface area contributed by atoms with Gasteiger partial charge >= 0.3 is 0 Å². The van der Waals surface area contributed by atoms with Crippen LogP contribution in [0, 0.1) is 10.1 Å². The summed E-state index contributed by atoms with van der Waals surface area (Å²) in [6.45, 7) is 0.294. The molecule has 0 fully saturated rings. The van der Waals surface area contributed by atoms with E-state index in [1.807, 2.05) is 0 Å². The predicted molar refractivity (Wildman–Crippen MR) is 88.9 cm³/mol. The van der Waals surface area contributed by atoms with E-state index in [0.717, 1.165) is 5.56 Å². The lowest BCUT2D eigenvalue weighted by Gasteiger charge is -2.30. The number of hydrogen-bond acceptors (Lipinski definition) is 5. The van der Waals surface area contributed by atoms with Crippen LogP contribution in [0.15, 0.2) is 47.4 Å². The van der Waals surface area contributed by atoms with Crippen LogP contribution in [0.1, 0.15) is 12.0 Å². The molecule has 0 spiro atoms. The molecule has 0 unspecified atom stereocenters. The van der Waals surface area contributed by atoms with Crippen molar-refractivity contribution < 1.29 is 18.1 Å². The molecule has 126 valence electrons. The number of nitrogens with zero attached hydrogens (tertiary/aromatic N) is 2. The molecule has 3 rings (SSSR count). The van der Waals surface area contributed by atoms with E-state index in [1.54, 1.807) is 18.2 Å². The molecule has 7 nitrogen and oxygen atoms in total. The Kier molecular flexibility index (Phi) is 4.15. The Labute approximate surface area is 139 Å². The molecule has 0 aromatic heterocycles. The maximum Gasteiger partial charge on any atom is 0.271 e. The smallest absolute Gasteiger partial charge is 0.271 e. The van der Waals surface area contributed by atoms with Crippen molar-refractivity contribution in [1.82, 2.24) is 0 Å². The second-order valence-corrected chi connectivity index (χ2v) is 7.29. The fourth-order valence-electron chi connectivity index (χ4n) is 2.77. The van der Waals surface area contributed by atoms with Crippen molar-refractivity contribution >= 4 is 21.4 Å². The van der Waals surface area contributed by atoms with Crippen molar-refractivity contribution in [3.05, 3.63) is 58.1 Å². The van der Waals surface area contributed by atoms with E-state index in [1.165, 1.54) is 35.7 Å². The van der Waals surface area contributed by atoms with Crippen LogP contribution in [-0.2, 0) is 16.4 Å². The molecule has 0 atom stereocenters. The summed E-state index contributed by atoms with van der Waals surface area (Å²) < 4.78 is 32.2. The molecule has 0 amide bonds. The Morgan fingerprint density at radius 3 is 2.50 bits per heavy atom. The van der Waals surface area contributed by atoms with Crippen LogP contribution in [0.3, 0.4) is 0 Å². The number of hydrogen-bond donors (Lipinski definition) is 0. The van der Waals surface area contributed by atoms with E-state index in [9.17, 15) is 18.5 Å². The number of ether oxygens (including phenoxy) is 1. The van der Waals surface area contributed by atoms with Crippen molar-refractivity contribution in [3.8, 4) is 5.75 Å². The monoisotopic (exact) mass is 348 g/mol. The Morgan fingerprint density at radius 1 is 1.17 bits per heavy atom. The summed E-state index contributed by atoms with van der Waals surface area (Å²) in [6.07, 6.45) is 1.36. The molecule has 1 aliphatic rings. The summed E-state index contributed by atoms with van der Waals surface area (Å²) in [6, 6.07) is 10.5. The molecule has 2 aromatic rings. The minimum Gasteiger partial charge on any atom is -0.497 e. The van der Waals surface area contributed by atoms with Gasteiger partial charge in [-0.15, -0.1) is 0 Å². The van der Waals surface area contributed by atoms with Crippen LogP contribution in [0.4, 0.5) is 11.4 Å². The second kappa shape index (κ2) is 6.12. The lowest BCUT2D eigenvalue weighted by atomic mass is 10.0. The van der Waals surface area contributed by atoms with Gasteiger partial charge in [0, 0.05) is 18.7 Å². The average molecular weight is 348 g/mol. The zero-order chi connectivity index (χ0) is 17.3. The van der Waals surface area contributed by atoms with Gasteiger partial charge in [-0.3, -0.25) is 14.4 Å². The standard InChI is InChI=1S/C16H16N2O5S/c1-23-14-6-8-15(9-7-14)24(21,22)17-10-2-3-12-4-5-13(18(19)20)11-16(12)17/h4-9,11H,2-3,10H2,1H3. The summed E-state index contributed by atoms with van der Waals surface area (Å²) in [5, 5.41) is 11.0. The lowest BCUT2D eigenvalue weighted by Crippen LogP contribution is -2.35. The fraction of sp³-hybridized carbons (Fsp3) is 0.250. The number of anilines is 1. The summed E-state index contributed by atoms with van der Waals surface area (Å²) in [5.74, 6) is 0.559. The first-order chi connectivity index (χ1) is 11.4. The molecule has 0 N–H and O–H groups in total. The van der Waals surface area contributed by atoms with Gasteiger partial charge in [-0.2, -0.15) is 0 Å². The Balaban J connectivity index is 2.06. The van der Waals surface area contributed by atoms with E-state index in [0.29, 0.717) is 30.8 Å². The van der Waals surface area contributed by atoms with Crippen molar-refractivity contribution in [2.24, 2.45) is 0 Å². The van der Waals surface area contributed by atoms with Crippen molar-refractivity contribution in [2.45, 2.75) is 17.7 Å². The van der Waals surface area contributed by atoms with Crippen molar-refractivity contribution in [1.29, 1.82) is 0 Å². The van der Waals surface area contributed by atoms with Gasteiger partial charge < -0.3 is 4.74 Å². The first-order valence-electron chi connectivity index (χ1n) is 7.37. The van der Waals surface area contributed by atoms with E-state index in [4.69, 9.17) is 4.74 Å². The molecule has 1 heterocycles. The van der Waals surface area contributed by atoms with Crippen LogP contribution in [-0.4, -0.2) is 27.0 Å². The number of methoxy groups -OCH3 is 1. The molecule has 8 heteroatoms. The van der Waals surface area contributed by atoms with Crippen LogP contribution < -0.4 is 9.04 Å².